The Bertz CT molecular complexity index is 1540. The summed E-state index contributed by atoms with van der Waals surface area (Å²) in [6.45, 7) is 0.194. The maximum atomic E-state index is 14.1. The van der Waals surface area contributed by atoms with Crippen molar-refractivity contribution in [2.24, 2.45) is 0 Å². The van der Waals surface area contributed by atoms with Crippen LogP contribution in [0.1, 0.15) is 38.2 Å². The normalized spacial score (nSPS) is 14.3. The van der Waals surface area contributed by atoms with E-state index in [4.69, 9.17) is 4.74 Å². The van der Waals surface area contributed by atoms with Gasteiger partial charge in [0.05, 0.1) is 36.0 Å². The summed E-state index contributed by atoms with van der Waals surface area (Å²) < 4.78 is 44.6. The van der Waals surface area contributed by atoms with Crippen molar-refractivity contribution in [2.75, 3.05) is 12.0 Å². The number of nitrogens with zero attached hydrogens (tertiary/aromatic N) is 1. The standard InChI is InChI=1S/C31H22F3NO3/c1-38-30(37)23-11-7-8-20(18-23)19-35-26-13-6-5-12-25(26)28(29(35)36)27(21-9-3-2-4-10-21)22-14-16-24(17-15-22)31(32,33)34/h2-18H,19H2,1H3/b28-27+. The molecule has 0 aromatic heterocycles. The molecule has 1 heterocycles. The lowest BCUT2D eigenvalue weighted by atomic mass is 9.89. The zero-order chi connectivity index (χ0) is 26.9. The number of halogens is 3. The number of hydrogen-bond donors (Lipinski definition) is 0. The minimum Gasteiger partial charge on any atom is -0.465 e. The van der Waals surface area contributed by atoms with E-state index in [1.165, 1.54) is 19.2 Å². The Labute approximate surface area is 217 Å². The van der Waals surface area contributed by atoms with Gasteiger partial charge < -0.3 is 9.64 Å². The topological polar surface area (TPSA) is 46.6 Å². The monoisotopic (exact) mass is 513 g/mol. The molecule has 1 aliphatic rings. The molecule has 0 N–H and O–H groups in total. The van der Waals surface area contributed by atoms with E-state index in [9.17, 15) is 22.8 Å². The molecule has 4 aromatic carbocycles. The van der Waals surface area contributed by atoms with E-state index in [2.05, 4.69) is 0 Å². The summed E-state index contributed by atoms with van der Waals surface area (Å²) in [6, 6.07) is 28.2. The van der Waals surface area contributed by atoms with Crippen molar-refractivity contribution in [3.05, 3.63) is 137 Å². The van der Waals surface area contributed by atoms with Gasteiger partial charge in [-0.25, -0.2) is 4.79 Å². The lowest BCUT2D eigenvalue weighted by Gasteiger charge is -2.18. The highest BCUT2D eigenvalue weighted by Crippen LogP contribution is 2.44. The summed E-state index contributed by atoms with van der Waals surface area (Å²) in [6.07, 6.45) is -4.47. The van der Waals surface area contributed by atoms with E-state index in [-0.39, 0.29) is 12.5 Å². The Morgan fingerprint density at radius 3 is 2.11 bits per heavy atom. The number of amides is 1. The molecule has 0 radical (unpaired) electrons. The molecule has 5 rings (SSSR count). The molecule has 0 saturated carbocycles. The van der Waals surface area contributed by atoms with Crippen LogP contribution in [0.25, 0.3) is 11.1 Å². The van der Waals surface area contributed by atoms with Crippen molar-refractivity contribution in [1.82, 2.24) is 0 Å². The SMILES string of the molecule is COC(=O)c1cccc(CN2C(=O)/C(=C(\c3ccccc3)c3ccc(C(F)(F)F)cc3)c3ccccc32)c1. The van der Waals surface area contributed by atoms with Crippen molar-refractivity contribution in [2.45, 2.75) is 12.7 Å². The lowest BCUT2D eigenvalue weighted by molar-refractivity contribution is -0.137. The predicted octanol–water partition coefficient (Wildman–Crippen LogP) is 7.00. The van der Waals surface area contributed by atoms with Gasteiger partial charge in [0, 0.05) is 11.1 Å². The highest BCUT2D eigenvalue weighted by atomic mass is 19.4. The fourth-order valence-electron chi connectivity index (χ4n) is 4.66. The van der Waals surface area contributed by atoms with Crippen LogP contribution in [0, 0.1) is 0 Å². The van der Waals surface area contributed by atoms with Gasteiger partial charge >= 0.3 is 12.1 Å². The fourth-order valence-corrected chi connectivity index (χ4v) is 4.66. The number of hydrogen-bond acceptors (Lipinski definition) is 3. The minimum atomic E-state index is -4.47. The van der Waals surface area contributed by atoms with E-state index in [0.717, 1.165) is 17.7 Å². The van der Waals surface area contributed by atoms with Crippen LogP contribution in [-0.4, -0.2) is 19.0 Å². The number of methoxy groups -OCH3 is 1. The number of rotatable bonds is 5. The maximum Gasteiger partial charge on any atom is 0.416 e. The first-order valence-electron chi connectivity index (χ1n) is 11.8. The molecule has 190 valence electrons. The first kappa shape index (κ1) is 25.0. The van der Waals surface area contributed by atoms with Gasteiger partial charge in [-0.1, -0.05) is 72.8 Å². The molecule has 0 spiro atoms. The first-order chi connectivity index (χ1) is 18.3. The summed E-state index contributed by atoms with van der Waals surface area (Å²) in [4.78, 5) is 27.7. The van der Waals surface area contributed by atoms with Crippen molar-refractivity contribution < 1.29 is 27.5 Å². The molecule has 0 atom stereocenters. The fraction of sp³-hybridized carbons (Fsp3) is 0.0968. The second-order valence-electron chi connectivity index (χ2n) is 8.79. The summed E-state index contributed by atoms with van der Waals surface area (Å²) in [7, 11) is 1.30. The summed E-state index contributed by atoms with van der Waals surface area (Å²) in [5.74, 6) is -0.761. The number of benzene rings is 4. The van der Waals surface area contributed by atoms with E-state index in [1.807, 2.05) is 60.7 Å². The van der Waals surface area contributed by atoms with Crippen molar-refractivity contribution >= 4 is 28.7 Å². The smallest absolute Gasteiger partial charge is 0.416 e. The number of ether oxygens (including phenoxy) is 1. The van der Waals surface area contributed by atoms with E-state index >= 15 is 0 Å². The quantitative estimate of drug-likeness (QED) is 0.213. The Balaban J connectivity index is 1.66. The van der Waals surface area contributed by atoms with Crippen LogP contribution in [-0.2, 0) is 22.3 Å². The Morgan fingerprint density at radius 1 is 0.789 bits per heavy atom. The first-order valence-corrected chi connectivity index (χ1v) is 11.8. The molecule has 7 heteroatoms. The van der Waals surface area contributed by atoms with Gasteiger partial charge in [-0.3, -0.25) is 4.79 Å². The largest absolute Gasteiger partial charge is 0.465 e. The molecule has 0 unspecified atom stereocenters. The summed E-state index contributed by atoms with van der Waals surface area (Å²) in [5, 5.41) is 0. The average Bonchev–Trinajstić information content (AvgIpc) is 3.20. The summed E-state index contributed by atoms with van der Waals surface area (Å²) in [5.41, 5.74) is 3.85. The second-order valence-corrected chi connectivity index (χ2v) is 8.79. The number of carbonyl (C=O) groups excluding carboxylic acids is 2. The van der Waals surface area contributed by atoms with Gasteiger partial charge in [0.15, 0.2) is 0 Å². The van der Waals surface area contributed by atoms with E-state index in [0.29, 0.717) is 39.1 Å². The van der Waals surface area contributed by atoms with E-state index in [1.54, 1.807) is 23.1 Å². The highest BCUT2D eigenvalue weighted by molar-refractivity contribution is 6.38. The minimum absolute atomic E-state index is 0.194. The van der Waals surface area contributed by atoms with Crippen LogP contribution in [0.4, 0.5) is 18.9 Å². The molecule has 0 saturated heterocycles. The van der Waals surface area contributed by atoms with Crippen molar-refractivity contribution in [1.29, 1.82) is 0 Å². The molecule has 38 heavy (non-hydrogen) atoms. The highest BCUT2D eigenvalue weighted by Gasteiger charge is 2.36. The van der Waals surface area contributed by atoms with Crippen LogP contribution in [0.5, 0.6) is 0 Å². The molecule has 4 aromatic rings. The van der Waals surface area contributed by atoms with Crippen LogP contribution in [0.2, 0.25) is 0 Å². The van der Waals surface area contributed by atoms with Gasteiger partial charge in [-0.2, -0.15) is 13.2 Å². The Hall–Kier alpha value is -4.65. The molecule has 4 nitrogen and oxygen atoms in total. The maximum absolute atomic E-state index is 14.1. The molecular formula is C31H22F3NO3. The Kier molecular flexibility index (Phi) is 6.59. The van der Waals surface area contributed by atoms with Crippen LogP contribution < -0.4 is 4.90 Å². The van der Waals surface area contributed by atoms with Crippen LogP contribution in [0.3, 0.4) is 0 Å². The number of esters is 1. The van der Waals surface area contributed by atoms with Gasteiger partial charge in [-0.15, -0.1) is 0 Å². The van der Waals surface area contributed by atoms with E-state index < -0.39 is 17.7 Å². The second kappa shape index (κ2) is 10.0. The molecule has 1 amide bonds. The van der Waals surface area contributed by atoms with Crippen LogP contribution in [0.15, 0.2) is 103 Å². The number of alkyl halides is 3. The molecular weight excluding hydrogens is 491 g/mol. The number of carbonyl (C=O) groups is 2. The molecule has 0 bridgehead atoms. The molecule has 0 fully saturated rings. The third-order valence-electron chi connectivity index (χ3n) is 6.43. The predicted molar refractivity (Wildman–Crippen MR) is 139 cm³/mol. The summed E-state index contributed by atoms with van der Waals surface area (Å²) >= 11 is 0. The van der Waals surface area contributed by atoms with Crippen LogP contribution >= 0.6 is 0 Å². The number of fused-ring (bicyclic) bond motifs is 1. The van der Waals surface area contributed by atoms with Crippen molar-refractivity contribution in [3.8, 4) is 0 Å². The van der Waals surface area contributed by atoms with Gasteiger partial charge in [0.25, 0.3) is 5.91 Å². The third kappa shape index (κ3) is 4.70. The zero-order valence-corrected chi connectivity index (χ0v) is 20.3. The number of anilines is 1. The lowest BCUT2D eigenvalue weighted by Crippen LogP contribution is -2.26. The molecule has 0 aliphatic carbocycles. The third-order valence-corrected chi connectivity index (χ3v) is 6.43. The Morgan fingerprint density at radius 2 is 1.42 bits per heavy atom. The van der Waals surface area contributed by atoms with Gasteiger partial charge in [0.2, 0.25) is 0 Å². The average molecular weight is 514 g/mol. The number of para-hydroxylation sites is 1. The van der Waals surface area contributed by atoms with Crippen molar-refractivity contribution in [3.63, 3.8) is 0 Å². The molecule has 1 aliphatic heterocycles. The van der Waals surface area contributed by atoms with Gasteiger partial charge in [-0.05, 0) is 47.0 Å². The zero-order valence-electron chi connectivity index (χ0n) is 20.3. The van der Waals surface area contributed by atoms with Gasteiger partial charge in [0.1, 0.15) is 0 Å².